The quantitative estimate of drug-likeness (QED) is 0.838. The van der Waals surface area contributed by atoms with E-state index in [1.54, 1.807) is 0 Å². The molecule has 0 saturated heterocycles. The molecule has 5 nitrogen and oxygen atoms in total. The zero-order chi connectivity index (χ0) is 13.2. The van der Waals surface area contributed by atoms with E-state index in [4.69, 9.17) is 10.4 Å². The molecule has 0 atom stereocenters. The SMILES string of the molecule is CC(C)(C)C1CCC(c2noc(CON)n2)CC1. The Hall–Kier alpha value is -0.940. The molecule has 0 amide bonds. The van der Waals surface area contributed by atoms with Crippen molar-refractivity contribution in [2.75, 3.05) is 0 Å². The molecule has 0 aliphatic heterocycles. The maximum Gasteiger partial charge on any atom is 0.254 e. The van der Waals surface area contributed by atoms with Crippen LogP contribution in [0.1, 0.15) is 64.1 Å². The van der Waals surface area contributed by atoms with E-state index in [1.165, 1.54) is 12.8 Å². The average Bonchev–Trinajstić information content (AvgIpc) is 2.77. The van der Waals surface area contributed by atoms with Crippen molar-refractivity contribution < 1.29 is 9.36 Å². The maximum absolute atomic E-state index is 5.09. The van der Waals surface area contributed by atoms with Crippen LogP contribution in [0.5, 0.6) is 0 Å². The molecular weight excluding hydrogens is 230 g/mol. The van der Waals surface area contributed by atoms with Crippen molar-refractivity contribution in [3.05, 3.63) is 11.7 Å². The largest absolute Gasteiger partial charge is 0.337 e. The Morgan fingerprint density at radius 2 is 1.94 bits per heavy atom. The summed E-state index contributed by atoms with van der Waals surface area (Å²) in [7, 11) is 0. The van der Waals surface area contributed by atoms with Crippen LogP contribution in [-0.4, -0.2) is 10.1 Å². The van der Waals surface area contributed by atoms with Crippen LogP contribution in [0.4, 0.5) is 0 Å². The summed E-state index contributed by atoms with van der Waals surface area (Å²) in [5.74, 6) is 7.49. The Bertz CT molecular complexity index is 376. The second kappa shape index (κ2) is 5.36. The van der Waals surface area contributed by atoms with E-state index in [1.807, 2.05) is 0 Å². The highest BCUT2D eigenvalue weighted by molar-refractivity contribution is 4.98. The van der Waals surface area contributed by atoms with Gasteiger partial charge in [-0.25, -0.2) is 5.90 Å². The molecule has 0 unspecified atom stereocenters. The molecule has 1 aliphatic carbocycles. The average molecular weight is 253 g/mol. The van der Waals surface area contributed by atoms with Gasteiger partial charge >= 0.3 is 0 Å². The number of hydrogen-bond donors (Lipinski definition) is 1. The van der Waals surface area contributed by atoms with Gasteiger partial charge in [0.2, 0.25) is 0 Å². The third-order valence-corrected chi connectivity index (χ3v) is 4.01. The van der Waals surface area contributed by atoms with Crippen LogP contribution in [0, 0.1) is 11.3 Å². The van der Waals surface area contributed by atoms with Gasteiger partial charge < -0.3 is 4.52 Å². The van der Waals surface area contributed by atoms with E-state index < -0.39 is 0 Å². The first-order chi connectivity index (χ1) is 8.50. The molecule has 1 aromatic heterocycles. The fraction of sp³-hybridized carbons (Fsp3) is 0.846. The van der Waals surface area contributed by atoms with Crippen LogP contribution in [-0.2, 0) is 11.4 Å². The number of nitrogens with two attached hydrogens (primary N) is 1. The van der Waals surface area contributed by atoms with Crippen molar-refractivity contribution in [1.29, 1.82) is 0 Å². The lowest BCUT2D eigenvalue weighted by molar-refractivity contribution is 0.0995. The summed E-state index contributed by atoms with van der Waals surface area (Å²) in [5.41, 5.74) is 0.404. The van der Waals surface area contributed by atoms with Crippen LogP contribution in [0.3, 0.4) is 0 Å². The summed E-state index contributed by atoms with van der Waals surface area (Å²) in [6.45, 7) is 7.15. The Balaban J connectivity index is 1.92. The van der Waals surface area contributed by atoms with Gasteiger partial charge in [-0.3, -0.25) is 4.84 Å². The topological polar surface area (TPSA) is 74.2 Å². The summed E-state index contributed by atoms with van der Waals surface area (Å²) in [6, 6.07) is 0. The predicted octanol–water partition coefficient (Wildman–Crippen LogP) is 2.78. The van der Waals surface area contributed by atoms with Crippen molar-refractivity contribution in [2.24, 2.45) is 17.2 Å². The van der Waals surface area contributed by atoms with E-state index in [-0.39, 0.29) is 6.61 Å². The normalized spacial score (nSPS) is 25.3. The third-order valence-electron chi connectivity index (χ3n) is 4.01. The standard InChI is InChI=1S/C13H23N3O2/c1-13(2,3)10-6-4-9(5-7-10)12-15-11(8-17-14)18-16-12/h9-10H,4-8,14H2,1-3H3. The van der Waals surface area contributed by atoms with E-state index in [2.05, 4.69) is 35.7 Å². The van der Waals surface area contributed by atoms with Crippen molar-refractivity contribution in [3.8, 4) is 0 Å². The molecule has 102 valence electrons. The smallest absolute Gasteiger partial charge is 0.254 e. The first-order valence-electron chi connectivity index (χ1n) is 6.65. The monoisotopic (exact) mass is 253 g/mol. The van der Waals surface area contributed by atoms with Gasteiger partial charge in [-0.2, -0.15) is 4.98 Å². The highest BCUT2D eigenvalue weighted by Gasteiger charge is 2.31. The molecule has 0 radical (unpaired) electrons. The van der Waals surface area contributed by atoms with E-state index in [9.17, 15) is 0 Å². The number of nitrogens with zero attached hydrogens (tertiary/aromatic N) is 2. The zero-order valence-corrected chi connectivity index (χ0v) is 11.5. The molecule has 0 aromatic carbocycles. The van der Waals surface area contributed by atoms with Gasteiger partial charge in [-0.05, 0) is 37.0 Å². The van der Waals surface area contributed by atoms with Gasteiger partial charge in [0.15, 0.2) is 5.82 Å². The summed E-state index contributed by atoms with van der Waals surface area (Å²) < 4.78 is 5.09. The summed E-state index contributed by atoms with van der Waals surface area (Å²) >= 11 is 0. The molecule has 2 rings (SSSR count). The van der Waals surface area contributed by atoms with Crippen molar-refractivity contribution in [1.82, 2.24) is 10.1 Å². The highest BCUT2D eigenvalue weighted by atomic mass is 16.6. The van der Waals surface area contributed by atoms with E-state index >= 15 is 0 Å². The molecular formula is C13H23N3O2. The Morgan fingerprint density at radius 3 is 2.50 bits per heavy atom. The number of aromatic nitrogens is 2. The third kappa shape index (κ3) is 3.09. The summed E-state index contributed by atoms with van der Waals surface area (Å²) in [5, 5.41) is 4.02. The molecule has 2 N–H and O–H groups in total. The molecule has 1 aromatic rings. The second-order valence-corrected chi connectivity index (χ2v) is 6.27. The van der Waals surface area contributed by atoms with Crippen molar-refractivity contribution in [2.45, 2.75) is 59.0 Å². The molecule has 5 heteroatoms. The Labute approximate surface area is 108 Å². The van der Waals surface area contributed by atoms with Gasteiger partial charge in [0.1, 0.15) is 6.61 Å². The Morgan fingerprint density at radius 1 is 1.28 bits per heavy atom. The van der Waals surface area contributed by atoms with Gasteiger partial charge in [0.25, 0.3) is 5.89 Å². The van der Waals surface area contributed by atoms with E-state index in [0.29, 0.717) is 17.2 Å². The van der Waals surface area contributed by atoms with Crippen molar-refractivity contribution in [3.63, 3.8) is 0 Å². The molecule has 0 spiro atoms. The fourth-order valence-electron chi connectivity index (χ4n) is 2.78. The lowest BCUT2D eigenvalue weighted by Gasteiger charge is -2.36. The van der Waals surface area contributed by atoms with Gasteiger partial charge in [-0.1, -0.05) is 25.9 Å². The van der Waals surface area contributed by atoms with Crippen LogP contribution >= 0.6 is 0 Å². The van der Waals surface area contributed by atoms with Crippen LogP contribution in [0.2, 0.25) is 0 Å². The van der Waals surface area contributed by atoms with Crippen LogP contribution in [0.15, 0.2) is 4.52 Å². The molecule has 0 bridgehead atoms. The molecule has 18 heavy (non-hydrogen) atoms. The number of hydrogen-bond acceptors (Lipinski definition) is 5. The molecule has 1 fully saturated rings. The van der Waals surface area contributed by atoms with Crippen molar-refractivity contribution >= 4 is 0 Å². The summed E-state index contributed by atoms with van der Waals surface area (Å²) in [6.07, 6.45) is 4.77. The zero-order valence-electron chi connectivity index (χ0n) is 11.5. The van der Waals surface area contributed by atoms with Crippen LogP contribution < -0.4 is 5.90 Å². The fourth-order valence-corrected chi connectivity index (χ4v) is 2.78. The number of rotatable bonds is 3. The summed E-state index contributed by atoms with van der Waals surface area (Å²) in [4.78, 5) is 8.82. The highest BCUT2D eigenvalue weighted by Crippen LogP contribution is 2.42. The maximum atomic E-state index is 5.09. The van der Waals surface area contributed by atoms with Gasteiger partial charge in [0.05, 0.1) is 0 Å². The lowest BCUT2D eigenvalue weighted by atomic mass is 9.70. The van der Waals surface area contributed by atoms with Crippen LogP contribution in [0.25, 0.3) is 0 Å². The first-order valence-corrected chi connectivity index (χ1v) is 6.65. The molecule has 1 aliphatic rings. The minimum absolute atomic E-state index is 0.185. The molecule has 1 saturated carbocycles. The predicted molar refractivity (Wildman–Crippen MR) is 67.4 cm³/mol. The second-order valence-electron chi connectivity index (χ2n) is 6.27. The minimum atomic E-state index is 0.185. The molecule has 1 heterocycles. The Kier molecular flexibility index (Phi) is 4.02. The lowest BCUT2D eigenvalue weighted by Crippen LogP contribution is -2.25. The van der Waals surface area contributed by atoms with E-state index in [0.717, 1.165) is 24.6 Å². The van der Waals surface area contributed by atoms with Gasteiger partial charge in [-0.15, -0.1) is 0 Å². The minimum Gasteiger partial charge on any atom is -0.337 e. The van der Waals surface area contributed by atoms with Gasteiger partial charge in [0, 0.05) is 5.92 Å². The first kappa shape index (κ1) is 13.5.